The molecule has 1 saturated heterocycles. The first-order valence-corrected chi connectivity index (χ1v) is 10.7. The number of hydrogen-bond donors (Lipinski definition) is 1. The van der Waals surface area contributed by atoms with Gasteiger partial charge in [-0.05, 0) is 31.0 Å². The van der Waals surface area contributed by atoms with Gasteiger partial charge in [-0.15, -0.1) is 0 Å². The molecule has 3 heterocycles. The maximum absolute atomic E-state index is 13.9. The number of rotatable bonds is 5. The number of hydrogen-bond acceptors (Lipinski definition) is 5. The molecular weight excluding hydrogens is 409 g/mol. The number of aromatic nitrogens is 4. The van der Waals surface area contributed by atoms with Crippen molar-refractivity contribution >= 4 is 11.0 Å². The van der Waals surface area contributed by atoms with Crippen molar-refractivity contribution in [3.63, 3.8) is 0 Å². The van der Waals surface area contributed by atoms with Crippen molar-refractivity contribution in [3.05, 3.63) is 88.9 Å². The molecule has 5 rings (SSSR count). The molecule has 0 bridgehead atoms. The Labute approximate surface area is 184 Å². The number of benzene rings is 2. The Morgan fingerprint density at radius 1 is 1.03 bits per heavy atom. The van der Waals surface area contributed by atoms with Gasteiger partial charge in [0.15, 0.2) is 5.65 Å². The lowest BCUT2D eigenvalue weighted by molar-refractivity contribution is -0.0366. The zero-order valence-electron chi connectivity index (χ0n) is 17.6. The summed E-state index contributed by atoms with van der Waals surface area (Å²) >= 11 is 0. The predicted octanol–water partition coefficient (Wildman–Crippen LogP) is 2.75. The molecule has 0 radical (unpaired) electrons. The normalized spacial score (nSPS) is 16.4. The monoisotopic (exact) mass is 433 g/mol. The molecule has 32 heavy (non-hydrogen) atoms. The molecule has 0 saturated carbocycles. The van der Waals surface area contributed by atoms with Gasteiger partial charge in [0, 0.05) is 25.2 Å². The van der Waals surface area contributed by atoms with Gasteiger partial charge in [-0.2, -0.15) is 5.10 Å². The van der Waals surface area contributed by atoms with Gasteiger partial charge >= 0.3 is 0 Å². The predicted molar refractivity (Wildman–Crippen MR) is 119 cm³/mol. The van der Waals surface area contributed by atoms with Gasteiger partial charge in [-0.3, -0.25) is 14.3 Å². The zero-order chi connectivity index (χ0) is 22.1. The van der Waals surface area contributed by atoms with Crippen molar-refractivity contribution in [1.82, 2.24) is 24.2 Å². The second-order valence-corrected chi connectivity index (χ2v) is 8.40. The minimum Gasteiger partial charge on any atom is -0.388 e. The van der Waals surface area contributed by atoms with E-state index >= 15 is 0 Å². The van der Waals surface area contributed by atoms with E-state index in [1.807, 2.05) is 36.4 Å². The van der Waals surface area contributed by atoms with Gasteiger partial charge < -0.3 is 5.11 Å². The van der Waals surface area contributed by atoms with E-state index in [4.69, 9.17) is 0 Å². The van der Waals surface area contributed by atoms with E-state index < -0.39 is 5.60 Å². The van der Waals surface area contributed by atoms with Crippen molar-refractivity contribution in [1.29, 1.82) is 0 Å². The summed E-state index contributed by atoms with van der Waals surface area (Å²) < 4.78 is 17.0. The number of nitrogens with zero attached hydrogens (tertiary/aromatic N) is 5. The number of aliphatic hydroxyl groups is 1. The first-order valence-electron chi connectivity index (χ1n) is 10.7. The minimum atomic E-state index is -1.01. The van der Waals surface area contributed by atoms with Crippen LogP contribution in [0.25, 0.3) is 16.7 Å². The van der Waals surface area contributed by atoms with Crippen LogP contribution in [0.5, 0.6) is 0 Å². The Morgan fingerprint density at radius 3 is 2.50 bits per heavy atom. The largest absolute Gasteiger partial charge is 0.388 e. The third kappa shape index (κ3) is 3.94. The van der Waals surface area contributed by atoms with Crippen LogP contribution in [-0.4, -0.2) is 48.0 Å². The lowest BCUT2D eigenvalue weighted by atomic mass is 9.91. The number of likely N-dealkylation sites (tertiary alicyclic amines) is 1. The summed E-state index contributed by atoms with van der Waals surface area (Å²) in [4.78, 5) is 19.6. The molecule has 0 unspecified atom stereocenters. The highest BCUT2D eigenvalue weighted by Crippen LogP contribution is 2.25. The van der Waals surface area contributed by atoms with Crippen LogP contribution in [0.15, 0.2) is 71.9 Å². The molecule has 0 spiro atoms. The molecule has 7 nitrogen and oxygen atoms in total. The van der Waals surface area contributed by atoms with Crippen molar-refractivity contribution in [2.24, 2.45) is 0 Å². The Hall–Kier alpha value is -3.36. The fourth-order valence-corrected chi connectivity index (χ4v) is 4.29. The highest BCUT2D eigenvalue weighted by molar-refractivity contribution is 5.74. The standard InChI is InChI=1S/C24H24FN5O2/c25-21-9-5-4-6-18(21)15-28-12-10-24(32,11-13-28)16-29-17-26-22-20(23(29)31)14-27-30(22)19-7-2-1-3-8-19/h1-9,14,17,32H,10-13,15-16H2. The molecule has 164 valence electrons. The quantitative estimate of drug-likeness (QED) is 0.524. The molecule has 1 aliphatic rings. The lowest BCUT2D eigenvalue weighted by Crippen LogP contribution is -2.47. The minimum absolute atomic E-state index is 0.166. The van der Waals surface area contributed by atoms with Crippen LogP contribution >= 0.6 is 0 Å². The molecule has 1 fully saturated rings. The zero-order valence-corrected chi connectivity index (χ0v) is 17.6. The Bertz CT molecular complexity index is 1290. The van der Waals surface area contributed by atoms with E-state index in [-0.39, 0.29) is 17.9 Å². The highest BCUT2D eigenvalue weighted by atomic mass is 19.1. The summed E-state index contributed by atoms with van der Waals surface area (Å²) in [5, 5.41) is 15.9. The Kier molecular flexibility index (Phi) is 5.32. The molecule has 1 N–H and O–H groups in total. The molecule has 2 aromatic carbocycles. The molecule has 1 aliphatic heterocycles. The van der Waals surface area contributed by atoms with E-state index in [2.05, 4.69) is 15.0 Å². The van der Waals surface area contributed by atoms with E-state index in [1.165, 1.54) is 23.2 Å². The molecule has 2 aromatic heterocycles. The van der Waals surface area contributed by atoms with E-state index in [9.17, 15) is 14.3 Å². The molecule has 8 heteroatoms. The Morgan fingerprint density at radius 2 is 1.75 bits per heavy atom. The summed E-state index contributed by atoms with van der Waals surface area (Å²) in [5.41, 5.74) is 0.733. The second-order valence-electron chi connectivity index (χ2n) is 8.40. The first kappa shape index (κ1) is 20.5. The SMILES string of the molecule is O=c1c2cnn(-c3ccccc3)c2ncn1CC1(O)CCN(Cc2ccccc2F)CC1. The average molecular weight is 433 g/mol. The van der Waals surface area contributed by atoms with Gasteiger partial charge in [0.2, 0.25) is 0 Å². The van der Waals surface area contributed by atoms with Crippen LogP contribution in [0.2, 0.25) is 0 Å². The van der Waals surface area contributed by atoms with Crippen molar-refractivity contribution in [2.75, 3.05) is 13.1 Å². The van der Waals surface area contributed by atoms with Crippen LogP contribution in [-0.2, 0) is 13.1 Å². The van der Waals surface area contributed by atoms with Crippen LogP contribution in [0.4, 0.5) is 4.39 Å². The van der Waals surface area contributed by atoms with Crippen molar-refractivity contribution < 1.29 is 9.50 Å². The van der Waals surface area contributed by atoms with E-state index in [0.29, 0.717) is 49.1 Å². The Balaban J connectivity index is 1.31. The van der Waals surface area contributed by atoms with E-state index in [1.54, 1.807) is 16.8 Å². The summed E-state index contributed by atoms with van der Waals surface area (Å²) in [7, 11) is 0. The molecule has 0 aliphatic carbocycles. The topological polar surface area (TPSA) is 76.2 Å². The fourth-order valence-electron chi connectivity index (χ4n) is 4.29. The number of halogens is 1. The van der Waals surface area contributed by atoms with Crippen LogP contribution in [0.1, 0.15) is 18.4 Å². The summed E-state index contributed by atoms with van der Waals surface area (Å²) in [6, 6.07) is 16.3. The van der Waals surface area contributed by atoms with Crippen LogP contribution in [0, 0.1) is 5.82 Å². The van der Waals surface area contributed by atoms with Gasteiger partial charge in [0.1, 0.15) is 17.5 Å². The number of para-hydroxylation sites is 1. The molecule has 4 aromatic rings. The smallest absolute Gasteiger partial charge is 0.264 e. The summed E-state index contributed by atoms with van der Waals surface area (Å²) in [6.07, 6.45) is 4.00. The summed E-state index contributed by atoms with van der Waals surface area (Å²) in [5.74, 6) is -0.213. The van der Waals surface area contributed by atoms with Gasteiger partial charge in [-0.25, -0.2) is 14.1 Å². The first-order chi connectivity index (χ1) is 15.5. The van der Waals surface area contributed by atoms with Gasteiger partial charge in [0.05, 0.1) is 24.0 Å². The molecule has 0 amide bonds. The third-order valence-electron chi connectivity index (χ3n) is 6.16. The lowest BCUT2D eigenvalue weighted by Gasteiger charge is -2.38. The molecular formula is C24H24FN5O2. The van der Waals surface area contributed by atoms with Crippen LogP contribution < -0.4 is 5.56 Å². The van der Waals surface area contributed by atoms with Crippen molar-refractivity contribution in [2.45, 2.75) is 31.5 Å². The maximum atomic E-state index is 13.9. The number of fused-ring (bicyclic) bond motifs is 1. The van der Waals surface area contributed by atoms with Gasteiger partial charge in [0.25, 0.3) is 5.56 Å². The highest BCUT2D eigenvalue weighted by Gasteiger charge is 2.33. The van der Waals surface area contributed by atoms with Gasteiger partial charge in [-0.1, -0.05) is 36.4 Å². The average Bonchev–Trinajstić information content (AvgIpc) is 3.24. The molecule has 0 atom stereocenters. The van der Waals surface area contributed by atoms with Crippen molar-refractivity contribution in [3.8, 4) is 5.69 Å². The van der Waals surface area contributed by atoms with E-state index in [0.717, 1.165) is 5.69 Å². The fraction of sp³-hybridized carbons (Fsp3) is 0.292. The third-order valence-corrected chi connectivity index (χ3v) is 6.16. The van der Waals surface area contributed by atoms with Crippen LogP contribution in [0.3, 0.4) is 0 Å². The summed E-state index contributed by atoms with van der Waals surface area (Å²) in [6.45, 7) is 1.93. The second kappa shape index (κ2) is 8.29. The maximum Gasteiger partial charge on any atom is 0.264 e. The number of piperidine rings is 1.